The Kier molecular flexibility index (Phi) is 7.00. The van der Waals surface area contributed by atoms with Crippen LogP contribution in [0.25, 0.3) is 0 Å². The van der Waals surface area contributed by atoms with Gasteiger partial charge < -0.3 is 5.32 Å². The number of hydrogen-bond acceptors (Lipinski definition) is 3. The van der Waals surface area contributed by atoms with Crippen molar-refractivity contribution in [3.8, 4) is 0 Å². The number of benzene rings is 3. The molecule has 2 nitrogen and oxygen atoms in total. The third kappa shape index (κ3) is 4.52. The highest BCUT2D eigenvalue weighted by molar-refractivity contribution is 8.13. The third-order valence-corrected chi connectivity index (χ3v) is 5.85. The lowest BCUT2D eigenvalue weighted by atomic mass is 9.95. The summed E-state index contributed by atoms with van der Waals surface area (Å²) in [5.74, 6) is 0.146. The standard InChI is InChI=1S/C22H18ClFN2S.ClH/c23-18-12-7-13-19(24)17(18)14-27-22-25-20(15-8-3-1-4-9-15)21(26-22)16-10-5-2-6-11-16;/h1-13,20-21H,14H2,(H,25,26);1H/t20-,21+;. The van der Waals surface area contributed by atoms with Crippen LogP contribution in [0.4, 0.5) is 4.39 Å². The molecule has 0 aromatic heterocycles. The molecule has 1 heterocycles. The molecule has 0 saturated heterocycles. The van der Waals surface area contributed by atoms with Crippen molar-refractivity contribution < 1.29 is 4.39 Å². The van der Waals surface area contributed by atoms with E-state index in [-0.39, 0.29) is 30.3 Å². The van der Waals surface area contributed by atoms with Crippen molar-refractivity contribution in [2.75, 3.05) is 0 Å². The number of hydrogen-bond donors (Lipinski definition) is 1. The van der Waals surface area contributed by atoms with Crippen LogP contribution < -0.4 is 5.32 Å². The second-order valence-corrected chi connectivity index (χ2v) is 7.68. The second kappa shape index (κ2) is 9.46. The molecule has 0 radical (unpaired) electrons. The van der Waals surface area contributed by atoms with Gasteiger partial charge in [0.15, 0.2) is 5.17 Å². The maximum absolute atomic E-state index is 14.0. The first-order chi connectivity index (χ1) is 13.2. The molecule has 2 atom stereocenters. The quantitative estimate of drug-likeness (QED) is 0.503. The van der Waals surface area contributed by atoms with Gasteiger partial charge in [-0.15, -0.1) is 12.4 Å². The molecule has 1 aliphatic heterocycles. The molecule has 0 fully saturated rings. The van der Waals surface area contributed by atoms with Crippen molar-refractivity contribution in [1.29, 1.82) is 0 Å². The van der Waals surface area contributed by atoms with Crippen LogP contribution in [-0.4, -0.2) is 5.17 Å². The average molecular weight is 433 g/mol. The minimum Gasteiger partial charge on any atom is -0.356 e. The van der Waals surface area contributed by atoms with E-state index in [1.54, 1.807) is 12.1 Å². The molecule has 3 aromatic carbocycles. The normalized spacial score (nSPS) is 18.1. The molecular formula is C22H19Cl2FN2S. The van der Waals surface area contributed by atoms with Gasteiger partial charge in [-0.05, 0) is 23.3 Å². The zero-order chi connectivity index (χ0) is 18.6. The molecule has 1 aliphatic rings. The van der Waals surface area contributed by atoms with Crippen molar-refractivity contribution in [2.45, 2.75) is 17.8 Å². The summed E-state index contributed by atoms with van der Waals surface area (Å²) in [4.78, 5) is 4.89. The lowest BCUT2D eigenvalue weighted by Crippen LogP contribution is -2.22. The largest absolute Gasteiger partial charge is 0.356 e. The lowest BCUT2D eigenvalue weighted by molar-refractivity contribution is 0.573. The first kappa shape index (κ1) is 20.7. The highest BCUT2D eigenvalue weighted by Gasteiger charge is 2.31. The van der Waals surface area contributed by atoms with Crippen LogP contribution in [-0.2, 0) is 5.75 Å². The number of nitrogens with zero attached hydrogens (tertiary/aromatic N) is 1. The average Bonchev–Trinajstić information content (AvgIpc) is 3.13. The van der Waals surface area contributed by atoms with Gasteiger partial charge in [0.05, 0.1) is 6.04 Å². The fourth-order valence-electron chi connectivity index (χ4n) is 3.18. The van der Waals surface area contributed by atoms with Crippen LogP contribution in [0.15, 0.2) is 83.9 Å². The monoisotopic (exact) mass is 432 g/mol. The van der Waals surface area contributed by atoms with E-state index >= 15 is 0 Å². The van der Waals surface area contributed by atoms with Crippen LogP contribution in [0.1, 0.15) is 28.8 Å². The Labute approximate surface area is 179 Å². The van der Waals surface area contributed by atoms with Gasteiger partial charge in [-0.25, -0.2) is 4.39 Å². The fraction of sp³-hybridized carbons (Fsp3) is 0.136. The molecule has 28 heavy (non-hydrogen) atoms. The summed E-state index contributed by atoms with van der Waals surface area (Å²) in [7, 11) is 0. The van der Waals surface area contributed by atoms with Crippen molar-refractivity contribution in [3.63, 3.8) is 0 Å². The Morgan fingerprint density at radius 3 is 2.18 bits per heavy atom. The van der Waals surface area contributed by atoms with Crippen LogP contribution in [0.2, 0.25) is 5.02 Å². The Morgan fingerprint density at radius 1 is 0.893 bits per heavy atom. The maximum Gasteiger partial charge on any atom is 0.158 e. The molecule has 0 amide bonds. The van der Waals surface area contributed by atoms with E-state index in [9.17, 15) is 4.39 Å². The second-order valence-electron chi connectivity index (χ2n) is 6.31. The third-order valence-electron chi connectivity index (χ3n) is 4.57. The number of aliphatic imine (C=N–C) groups is 1. The summed E-state index contributed by atoms with van der Waals surface area (Å²) in [6, 6.07) is 25.3. The molecule has 1 N–H and O–H groups in total. The number of halogens is 3. The summed E-state index contributed by atoms with van der Waals surface area (Å²) >= 11 is 7.63. The Bertz CT molecular complexity index is 931. The van der Waals surface area contributed by atoms with Gasteiger partial charge in [-0.1, -0.05) is 90.1 Å². The first-order valence-electron chi connectivity index (χ1n) is 8.72. The Morgan fingerprint density at radius 2 is 1.54 bits per heavy atom. The zero-order valence-corrected chi connectivity index (χ0v) is 17.3. The molecule has 0 bridgehead atoms. The molecule has 0 saturated carbocycles. The van der Waals surface area contributed by atoms with Crippen LogP contribution in [0.3, 0.4) is 0 Å². The smallest absolute Gasteiger partial charge is 0.158 e. The SMILES string of the molecule is Cl.Fc1cccc(Cl)c1CSC1=N[C@H](c2ccccc2)[C@H](c2ccccc2)N1. The topological polar surface area (TPSA) is 24.4 Å². The molecule has 144 valence electrons. The Balaban J connectivity index is 0.00000225. The van der Waals surface area contributed by atoms with E-state index in [1.807, 2.05) is 36.4 Å². The number of nitrogens with one attached hydrogen (secondary N) is 1. The minimum atomic E-state index is -0.284. The summed E-state index contributed by atoms with van der Waals surface area (Å²) in [5.41, 5.74) is 2.83. The molecule has 6 heteroatoms. The van der Waals surface area contributed by atoms with E-state index in [0.29, 0.717) is 16.3 Å². The summed E-state index contributed by atoms with van der Waals surface area (Å²) < 4.78 is 14.0. The zero-order valence-electron chi connectivity index (χ0n) is 14.9. The summed E-state index contributed by atoms with van der Waals surface area (Å²) in [6.45, 7) is 0. The molecule has 0 aliphatic carbocycles. The first-order valence-corrected chi connectivity index (χ1v) is 10.1. The van der Waals surface area contributed by atoms with Gasteiger partial charge in [0.1, 0.15) is 11.9 Å². The van der Waals surface area contributed by atoms with E-state index < -0.39 is 0 Å². The van der Waals surface area contributed by atoms with Crippen molar-refractivity contribution >= 4 is 40.9 Å². The van der Waals surface area contributed by atoms with E-state index in [0.717, 1.165) is 10.7 Å². The van der Waals surface area contributed by atoms with Crippen LogP contribution >= 0.6 is 35.8 Å². The van der Waals surface area contributed by atoms with Gasteiger partial charge >= 0.3 is 0 Å². The molecular weight excluding hydrogens is 414 g/mol. The number of thioether (sulfide) groups is 1. The minimum absolute atomic E-state index is 0. The van der Waals surface area contributed by atoms with Crippen molar-refractivity contribution in [1.82, 2.24) is 5.32 Å². The van der Waals surface area contributed by atoms with Gasteiger partial charge in [-0.3, -0.25) is 4.99 Å². The number of rotatable bonds is 4. The van der Waals surface area contributed by atoms with Gasteiger partial charge in [0.25, 0.3) is 0 Å². The van der Waals surface area contributed by atoms with Crippen LogP contribution in [0, 0.1) is 5.82 Å². The lowest BCUT2D eigenvalue weighted by Gasteiger charge is -2.19. The summed E-state index contributed by atoms with van der Waals surface area (Å²) in [6.07, 6.45) is 0. The van der Waals surface area contributed by atoms with Crippen molar-refractivity contribution in [3.05, 3.63) is 106 Å². The number of amidine groups is 1. The van der Waals surface area contributed by atoms with Gasteiger partial charge in [-0.2, -0.15) is 0 Å². The highest BCUT2D eigenvalue weighted by Crippen LogP contribution is 2.38. The molecule has 0 spiro atoms. The van der Waals surface area contributed by atoms with Gasteiger partial charge in [0, 0.05) is 16.3 Å². The predicted octanol–water partition coefficient (Wildman–Crippen LogP) is 6.58. The van der Waals surface area contributed by atoms with E-state index in [2.05, 4.69) is 29.6 Å². The predicted molar refractivity (Wildman–Crippen MR) is 119 cm³/mol. The Hall–Kier alpha value is -2.01. The van der Waals surface area contributed by atoms with Crippen LogP contribution in [0.5, 0.6) is 0 Å². The maximum atomic E-state index is 14.0. The fourth-order valence-corrected chi connectivity index (χ4v) is 4.46. The van der Waals surface area contributed by atoms with Crippen molar-refractivity contribution in [2.24, 2.45) is 4.99 Å². The molecule has 4 rings (SSSR count). The molecule has 0 unspecified atom stereocenters. The van der Waals surface area contributed by atoms with E-state index in [1.165, 1.54) is 23.4 Å². The van der Waals surface area contributed by atoms with E-state index in [4.69, 9.17) is 16.6 Å². The van der Waals surface area contributed by atoms with Gasteiger partial charge in [0.2, 0.25) is 0 Å². The summed E-state index contributed by atoms with van der Waals surface area (Å²) in [5, 5.41) is 4.76. The highest BCUT2D eigenvalue weighted by atomic mass is 35.5. The molecule has 3 aromatic rings.